The number of esters is 1. The van der Waals surface area contributed by atoms with Crippen LogP contribution in [0.3, 0.4) is 0 Å². The summed E-state index contributed by atoms with van der Waals surface area (Å²) in [5, 5.41) is 0. The van der Waals surface area contributed by atoms with E-state index in [1.165, 1.54) is 32.6 Å². The Balaban J connectivity index is 0.000000331. The minimum absolute atomic E-state index is 0.286. The van der Waals surface area contributed by atoms with E-state index in [4.69, 9.17) is 4.74 Å². The molecule has 18 heavy (non-hydrogen) atoms. The topological polar surface area (TPSA) is 26.3 Å². The highest BCUT2D eigenvalue weighted by atomic mass is 16.5. The maximum atomic E-state index is 10.4. The Morgan fingerprint density at radius 3 is 2.00 bits per heavy atom. The summed E-state index contributed by atoms with van der Waals surface area (Å²) in [4.78, 5) is 10.4. The summed E-state index contributed by atoms with van der Waals surface area (Å²) >= 11 is 0. The van der Waals surface area contributed by atoms with E-state index in [-0.39, 0.29) is 5.97 Å². The average molecular weight is 250 g/mol. The van der Waals surface area contributed by atoms with Crippen molar-refractivity contribution in [2.75, 3.05) is 0 Å². The highest BCUT2D eigenvalue weighted by Crippen LogP contribution is 2.10. The van der Waals surface area contributed by atoms with Gasteiger partial charge < -0.3 is 4.74 Å². The lowest BCUT2D eigenvalue weighted by Crippen LogP contribution is -2.00. The average Bonchev–Trinajstić information content (AvgIpc) is 2.31. The highest BCUT2D eigenvalue weighted by molar-refractivity contribution is 5.69. The Morgan fingerprint density at radius 1 is 1.11 bits per heavy atom. The van der Waals surface area contributed by atoms with Crippen molar-refractivity contribution in [3.8, 4) is 5.75 Å². The molecule has 0 heterocycles. The number of carbonyl (C=O) groups excluding carboxylic acids is 1. The van der Waals surface area contributed by atoms with E-state index in [2.05, 4.69) is 20.8 Å². The van der Waals surface area contributed by atoms with Gasteiger partial charge in [0.2, 0.25) is 0 Å². The van der Waals surface area contributed by atoms with Crippen molar-refractivity contribution in [1.29, 1.82) is 0 Å². The number of ether oxygens (including phenoxy) is 1. The molecule has 0 saturated carbocycles. The summed E-state index contributed by atoms with van der Waals surface area (Å²) in [6, 6.07) is 8.98. The summed E-state index contributed by atoms with van der Waals surface area (Å²) in [5.41, 5.74) is 0. The molecule has 0 aliphatic carbocycles. The molecule has 0 N–H and O–H groups in total. The molecular weight excluding hydrogens is 224 g/mol. The summed E-state index contributed by atoms with van der Waals surface area (Å²) in [6.07, 6.45) is 5.52. The van der Waals surface area contributed by atoms with Crippen molar-refractivity contribution in [3.05, 3.63) is 30.3 Å². The second-order valence-corrected chi connectivity index (χ2v) is 4.59. The van der Waals surface area contributed by atoms with Crippen LogP contribution in [0.4, 0.5) is 0 Å². The number of hydrogen-bond acceptors (Lipinski definition) is 2. The fourth-order valence-corrected chi connectivity index (χ4v) is 1.78. The first-order valence-electron chi connectivity index (χ1n) is 6.83. The Morgan fingerprint density at radius 2 is 1.61 bits per heavy atom. The van der Waals surface area contributed by atoms with Gasteiger partial charge in [0.05, 0.1) is 0 Å². The second-order valence-electron chi connectivity index (χ2n) is 4.59. The summed E-state index contributed by atoms with van der Waals surface area (Å²) in [7, 11) is 0. The van der Waals surface area contributed by atoms with E-state index >= 15 is 0 Å². The van der Waals surface area contributed by atoms with E-state index in [1.54, 1.807) is 12.1 Å². The molecule has 2 nitrogen and oxygen atoms in total. The van der Waals surface area contributed by atoms with E-state index in [1.807, 2.05) is 18.2 Å². The molecule has 2 heteroatoms. The zero-order valence-corrected chi connectivity index (χ0v) is 12.1. The van der Waals surface area contributed by atoms with Crippen LogP contribution in [0.25, 0.3) is 0 Å². The first-order valence-corrected chi connectivity index (χ1v) is 6.83. The maximum Gasteiger partial charge on any atom is 0.308 e. The van der Waals surface area contributed by atoms with Crippen LogP contribution in [0, 0.1) is 5.92 Å². The van der Waals surface area contributed by atoms with Gasteiger partial charge in [-0.3, -0.25) is 4.79 Å². The van der Waals surface area contributed by atoms with E-state index in [0.717, 1.165) is 5.92 Å². The van der Waals surface area contributed by atoms with Crippen LogP contribution in [-0.4, -0.2) is 5.97 Å². The van der Waals surface area contributed by atoms with Gasteiger partial charge in [-0.2, -0.15) is 0 Å². The van der Waals surface area contributed by atoms with Crippen molar-refractivity contribution in [2.45, 2.75) is 53.4 Å². The normalized spacial score (nSPS) is 9.61. The van der Waals surface area contributed by atoms with Gasteiger partial charge in [0.15, 0.2) is 0 Å². The molecule has 0 saturated heterocycles. The van der Waals surface area contributed by atoms with Crippen LogP contribution in [0.5, 0.6) is 5.75 Å². The highest BCUT2D eigenvalue weighted by Gasteiger charge is 1.95. The third-order valence-electron chi connectivity index (χ3n) is 2.57. The van der Waals surface area contributed by atoms with Crippen molar-refractivity contribution in [2.24, 2.45) is 5.92 Å². The van der Waals surface area contributed by atoms with Gasteiger partial charge in [0.1, 0.15) is 5.75 Å². The molecule has 0 unspecified atom stereocenters. The van der Waals surface area contributed by atoms with Crippen LogP contribution in [0.15, 0.2) is 30.3 Å². The zero-order chi connectivity index (χ0) is 13.8. The fourth-order valence-electron chi connectivity index (χ4n) is 1.78. The van der Waals surface area contributed by atoms with Gasteiger partial charge in [-0.15, -0.1) is 0 Å². The molecule has 1 aromatic carbocycles. The lowest BCUT2D eigenvalue weighted by Gasteiger charge is -2.05. The van der Waals surface area contributed by atoms with E-state index in [0.29, 0.717) is 5.75 Å². The number of carbonyl (C=O) groups is 1. The summed E-state index contributed by atoms with van der Waals surface area (Å²) in [5.74, 6) is 1.27. The predicted octanol–water partition coefficient (Wildman–Crippen LogP) is 4.83. The minimum atomic E-state index is -0.286. The molecule has 0 aliphatic rings. The SMILES string of the molecule is CC(=O)Oc1ccccc1.CCCC(C)CCC. The Bertz CT molecular complexity index is 300. The first kappa shape index (κ1) is 16.7. The van der Waals surface area contributed by atoms with Crippen molar-refractivity contribution < 1.29 is 9.53 Å². The minimum Gasteiger partial charge on any atom is -0.427 e. The maximum absolute atomic E-state index is 10.4. The monoisotopic (exact) mass is 250 g/mol. The summed E-state index contributed by atoms with van der Waals surface area (Å²) < 4.78 is 4.78. The zero-order valence-electron chi connectivity index (χ0n) is 12.1. The molecule has 0 spiro atoms. The quantitative estimate of drug-likeness (QED) is 0.552. The molecule has 0 fully saturated rings. The van der Waals surface area contributed by atoms with Crippen molar-refractivity contribution in [3.63, 3.8) is 0 Å². The predicted molar refractivity (Wildman–Crippen MR) is 76.7 cm³/mol. The number of hydrogen-bond donors (Lipinski definition) is 0. The van der Waals surface area contributed by atoms with E-state index < -0.39 is 0 Å². The van der Waals surface area contributed by atoms with Gasteiger partial charge in [0, 0.05) is 6.92 Å². The Labute approximate surface area is 111 Å². The fraction of sp³-hybridized carbons (Fsp3) is 0.562. The molecule has 1 aromatic rings. The molecule has 0 radical (unpaired) electrons. The lowest BCUT2D eigenvalue weighted by atomic mass is 10.0. The molecule has 1 rings (SSSR count). The molecular formula is C16H26O2. The molecule has 0 atom stereocenters. The number of benzene rings is 1. The molecule has 102 valence electrons. The lowest BCUT2D eigenvalue weighted by molar-refractivity contribution is -0.131. The van der Waals surface area contributed by atoms with Crippen molar-refractivity contribution >= 4 is 5.97 Å². The molecule has 0 aromatic heterocycles. The third-order valence-corrected chi connectivity index (χ3v) is 2.57. The molecule has 0 bridgehead atoms. The van der Waals surface area contributed by atoms with Crippen LogP contribution in [0.1, 0.15) is 53.4 Å². The van der Waals surface area contributed by atoms with E-state index in [9.17, 15) is 4.79 Å². The molecule has 0 aliphatic heterocycles. The van der Waals surface area contributed by atoms with Crippen LogP contribution in [0.2, 0.25) is 0 Å². The van der Waals surface area contributed by atoms with Gasteiger partial charge in [0.25, 0.3) is 0 Å². The summed E-state index contributed by atoms with van der Waals surface area (Å²) in [6.45, 7) is 8.23. The third kappa shape index (κ3) is 9.88. The van der Waals surface area contributed by atoms with Gasteiger partial charge in [-0.25, -0.2) is 0 Å². The smallest absolute Gasteiger partial charge is 0.308 e. The first-order chi connectivity index (χ1) is 8.60. The Kier molecular flexibility index (Phi) is 10.0. The van der Waals surface area contributed by atoms with Crippen molar-refractivity contribution in [1.82, 2.24) is 0 Å². The molecule has 0 amide bonds. The van der Waals surface area contributed by atoms with Gasteiger partial charge in [-0.1, -0.05) is 64.7 Å². The largest absolute Gasteiger partial charge is 0.427 e. The Hall–Kier alpha value is -1.31. The standard InChI is InChI=1S/C8H8O2.C8H18/c1-7(9)10-8-5-3-2-4-6-8;1-4-6-8(3)7-5-2/h2-6H,1H3;8H,4-7H2,1-3H3. The van der Waals surface area contributed by atoms with Crippen LogP contribution >= 0.6 is 0 Å². The van der Waals surface area contributed by atoms with Crippen LogP contribution < -0.4 is 4.74 Å². The number of rotatable bonds is 5. The van der Waals surface area contributed by atoms with Crippen LogP contribution in [-0.2, 0) is 4.79 Å². The number of para-hydroxylation sites is 1. The van der Waals surface area contributed by atoms with Gasteiger partial charge in [-0.05, 0) is 18.1 Å². The second kappa shape index (κ2) is 10.8. The van der Waals surface area contributed by atoms with Gasteiger partial charge >= 0.3 is 5.97 Å².